The topological polar surface area (TPSA) is 32.3 Å². The van der Waals surface area contributed by atoms with Gasteiger partial charge < -0.3 is 9.80 Å². The Kier molecular flexibility index (Phi) is 2.74. The maximum Gasteiger partial charge on any atom is 0.225 e. The van der Waals surface area contributed by atoms with Crippen LogP contribution in [0.1, 0.15) is 12.0 Å². The first-order valence-electron chi connectivity index (χ1n) is 6.43. The van der Waals surface area contributed by atoms with Gasteiger partial charge in [-0.1, -0.05) is 0 Å². The summed E-state index contributed by atoms with van der Waals surface area (Å²) in [4.78, 5) is 13.4. The number of anilines is 1. The van der Waals surface area contributed by atoms with Crippen LogP contribution in [0.2, 0.25) is 0 Å². The van der Waals surface area contributed by atoms with Gasteiger partial charge in [-0.3, -0.25) is 0 Å². The molecule has 2 aliphatic rings. The van der Waals surface area contributed by atoms with Crippen LogP contribution in [0.15, 0.2) is 12.4 Å². The lowest BCUT2D eigenvalue weighted by atomic mass is 9.85. The molecule has 1 aromatic rings. The van der Waals surface area contributed by atoms with Gasteiger partial charge in [-0.15, -0.1) is 0 Å². The first-order chi connectivity index (χ1) is 8.20. The third kappa shape index (κ3) is 2.27. The van der Waals surface area contributed by atoms with E-state index in [1.54, 1.807) is 0 Å². The summed E-state index contributed by atoms with van der Waals surface area (Å²) in [6.07, 6.45) is 5.18. The lowest BCUT2D eigenvalue weighted by Gasteiger charge is -2.44. The fourth-order valence-corrected chi connectivity index (χ4v) is 2.88. The van der Waals surface area contributed by atoms with E-state index in [2.05, 4.69) is 26.8 Å². The van der Waals surface area contributed by atoms with Gasteiger partial charge in [-0.2, -0.15) is 0 Å². The van der Waals surface area contributed by atoms with E-state index >= 15 is 0 Å². The van der Waals surface area contributed by atoms with Gasteiger partial charge in [0.1, 0.15) is 0 Å². The Morgan fingerprint density at radius 2 is 1.71 bits per heavy atom. The van der Waals surface area contributed by atoms with Crippen LogP contribution in [0.5, 0.6) is 0 Å². The molecule has 0 amide bonds. The average molecular weight is 232 g/mol. The van der Waals surface area contributed by atoms with Crippen molar-refractivity contribution in [3.05, 3.63) is 18.0 Å². The largest absolute Gasteiger partial charge is 0.340 e. The van der Waals surface area contributed by atoms with Crippen molar-refractivity contribution in [3.8, 4) is 0 Å². The Labute approximate surface area is 103 Å². The predicted octanol–water partition coefficient (Wildman–Crippen LogP) is 1.17. The fraction of sp³-hybridized carbons (Fsp3) is 0.692. The molecule has 4 heteroatoms. The fourth-order valence-electron chi connectivity index (χ4n) is 2.88. The van der Waals surface area contributed by atoms with Crippen LogP contribution in [0.4, 0.5) is 5.95 Å². The first kappa shape index (κ1) is 11.0. The molecule has 92 valence electrons. The van der Waals surface area contributed by atoms with Crippen LogP contribution in [0.3, 0.4) is 0 Å². The smallest absolute Gasteiger partial charge is 0.225 e. The van der Waals surface area contributed by atoms with Gasteiger partial charge in [0.2, 0.25) is 5.95 Å². The maximum absolute atomic E-state index is 4.37. The van der Waals surface area contributed by atoms with Crippen molar-refractivity contribution < 1.29 is 0 Å². The summed E-state index contributed by atoms with van der Waals surface area (Å²) in [5.74, 6) is 2.70. The molecule has 0 aliphatic carbocycles. The van der Waals surface area contributed by atoms with E-state index in [0.717, 1.165) is 36.4 Å². The zero-order chi connectivity index (χ0) is 11.8. The van der Waals surface area contributed by atoms with Crippen molar-refractivity contribution in [1.29, 1.82) is 0 Å². The van der Waals surface area contributed by atoms with Gasteiger partial charge in [-0.05, 0) is 37.8 Å². The third-order valence-corrected chi connectivity index (χ3v) is 3.81. The molecule has 1 aromatic heterocycles. The number of hydrogen-bond acceptors (Lipinski definition) is 4. The molecule has 17 heavy (non-hydrogen) atoms. The van der Waals surface area contributed by atoms with Crippen LogP contribution >= 0.6 is 0 Å². The van der Waals surface area contributed by atoms with Gasteiger partial charge in [0.15, 0.2) is 0 Å². The number of hydrogen-bond donors (Lipinski definition) is 0. The Balaban J connectivity index is 1.46. The van der Waals surface area contributed by atoms with Gasteiger partial charge >= 0.3 is 0 Å². The van der Waals surface area contributed by atoms with E-state index in [1.165, 1.54) is 19.5 Å². The number of nitrogens with zero attached hydrogens (tertiary/aromatic N) is 4. The molecule has 4 nitrogen and oxygen atoms in total. The van der Waals surface area contributed by atoms with Crippen LogP contribution in [-0.2, 0) is 0 Å². The minimum absolute atomic E-state index is 0.860. The highest BCUT2D eigenvalue weighted by Gasteiger charge is 2.33. The Bertz CT molecular complexity index is 377. The molecule has 0 radical (unpaired) electrons. The second-order valence-corrected chi connectivity index (χ2v) is 5.65. The van der Waals surface area contributed by atoms with Crippen molar-refractivity contribution in [1.82, 2.24) is 14.9 Å². The summed E-state index contributed by atoms with van der Waals surface area (Å²) in [7, 11) is 2.20. The number of rotatable bonds is 3. The maximum atomic E-state index is 4.37. The van der Waals surface area contributed by atoms with Gasteiger partial charge in [-0.25, -0.2) is 9.97 Å². The molecule has 0 aromatic carbocycles. The normalized spacial score (nSPS) is 22.4. The number of likely N-dealkylation sites (tertiary alicyclic amines) is 1. The molecule has 2 aliphatic heterocycles. The second-order valence-electron chi connectivity index (χ2n) is 5.65. The highest BCUT2D eigenvalue weighted by molar-refractivity contribution is 5.33. The van der Waals surface area contributed by atoms with E-state index < -0.39 is 0 Å². The van der Waals surface area contributed by atoms with E-state index in [-0.39, 0.29) is 0 Å². The summed E-state index contributed by atoms with van der Waals surface area (Å²) in [6.45, 7) is 6.89. The SMILES string of the molecule is Cc1cnc(N2CC(CC3CN(C)C3)C2)nc1. The minimum Gasteiger partial charge on any atom is -0.340 e. The molecule has 0 spiro atoms. The summed E-state index contributed by atoms with van der Waals surface area (Å²) >= 11 is 0. The zero-order valence-corrected chi connectivity index (χ0v) is 10.6. The lowest BCUT2D eigenvalue weighted by molar-refractivity contribution is 0.105. The quantitative estimate of drug-likeness (QED) is 0.783. The summed E-state index contributed by atoms with van der Waals surface area (Å²) < 4.78 is 0. The van der Waals surface area contributed by atoms with Crippen LogP contribution in [0.25, 0.3) is 0 Å². The first-order valence-corrected chi connectivity index (χ1v) is 6.43. The van der Waals surface area contributed by atoms with Crippen LogP contribution in [0, 0.1) is 18.8 Å². The highest BCUT2D eigenvalue weighted by atomic mass is 15.3. The molecule has 2 fully saturated rings. The second kappa shape index (κ2) is 4.26. The van der Waals surface area contributed by atoms with Crippen molar-refractivity contribution in [2.75, 3.05) is 38.1 Å². The Hall–Kier alpha value is -1.16. The molecular formula is C13H20N4. The van der Waals surface area contributed by atoms with Crippen LogP contribution < -0.4 is 4.90 Å². The van der Waals surface area contributed by atoms with E-state index in [9.17, 15) is 0 Å². The zero-order valence-electron chi connectivity index (χ0n) is 10.6. The standard InChI is InChI=1S/C13H20N4/c1-10-4-14-13(15-5-10)17-8-12(9-17)3-11-6-16(2)7-11/h4-5,11-12H,3,6-9H2,1-2H3. The van der Waals surface area contributed by atoms with Crippen molar-refractivity contribution >= 4 is 5.95 Å². The number of aryl methyl sites for hydroxylation is 1. The molecule has 3 heterocycles. The van der Waals surface area contributed by atoms with E-state index in [1.807, 2.05) is 19.3 Å². The molecule has 0 atom stereocenters. The molecule has 0 bridgehead atoms. The van der Waals surface area contributed by atoms with Gasteiger partial charge in [0.05, 0.1) is 0 Å². The minimum atomic E-state index is 0.860. The van der Waals surface area contributed by atoms with Crippen molar-refractivity contribution in [2.24, 2.45) is 11.8 Å². The lowest BCUT2D eigenvalue weighted by Crippen LogP contribution is -2.52. The Morgan fingerprint density at radius 3 is 2.29 bits per heavy atom. The summed E-state index contributed by atoms with van der Waals surface area (Å²) in [6, 6.07) is 0. The van der Waals surface area contributed by atoms with Gasteiger partial charge in [0, 0.05) is 38.6 Å². The average Bonchev–Trinajstić information content (AvgIpc) is 2.21. The van der Waals surface area contributed by atoms with E-state index in [0.29, 0.717) is 0 Å². The summed E-state index contributed by atoms with van der Waals surface area (Å²) in [5, 5.41) is 0. The molecule has 0 saturated carbocycles. The molecule has 0 N–H and O–H groups in total. The number of aromatic nitrogens is 2. The molecule has 2 saturated heterocycles. The van der Waals surface area contributed by atoms with Crippen LogP contribution in [-0.4, -0.2) is 48.1 Å². The molecule has 0 unspecified atom stereocenters. The van der Waals surface area contributed by atoms with Crippen molar-refractivity contribution in [2.45, 2.75) is 13.3 Å². The molecular weight excluding hydrogens is 212 g/mol. The Morgan fingerprint density at radius 1 is 1.12 bits per heavy atom. The van der Waals surface area contributed by atoms with Gasteiger partial charge in [0.25, 0.3) is 0 Å². The third-order valence-electron chi connectivity index (χ3n) is 3.81. The highest BCUT2D eigenvalue weighted by Crippen LogP contribution is 2.29. The van der Waals surface area contributed by atoms with Crippen molar-refractivity contribution in [3.63, 3.8) is 0 Å². The molecule has 3 rings (SSSR count). The summed E-state index contributed by atoms with van der Waals surface area (Å²) in [5.41, 5.74) is 1.13. The predicted molar refractivity (Wildman–Crippen MR) is 68.1 cm³/mol. The van der Waals surface area contributed by atoms with E-state index in [4.69, 9.17) is 0 Å². The monoisotopic (exact) mass is 232 g/mol.